The lowest BCUT2D eigenvalue weighted by molar-refractivity contribution is -0.150. The molecule has 2 amide bonds. The van der Waals surface area contributed by atoms with Crippen molar-refractivity contribution in [2.45, 2.75) is 88.4 Å². The maximum Gasteiger partial charge on any atom is 0.511 e. The number of hydrogen-bond donors (Lipinski definition) is 3. The first-order valence-electron chi connectivity index (χ1n) is 15.5. The van der Waals surface area contributed by atoms with Crippen molar-refractivity contribution in [3.05, 3.63) is 23.5 Å². The molecule has 2 bridgehead atoms. The van der Waals surface area contributed by atoms with Crippen molar-refractivity contribution >= 4 is 27.8 Å². The number of alkyl halides is 3. The molecule has 3 aliphatic carbocycles. The minimum absolute atomic E-state index is 0.0210. The summed E-state index contributed by atoms with van der Waals surface area (Å²) in [5.41, 5.74) is -6.35. The van der Waals surface area contributed by atoms with Crippen LogP contribution in [0.15, 0.2) is 12.1 Å². The second kappa shape index (κ2) is 12.8. The molecule has 11 nitrogen and oxygen atoms in total. The first-order valence-corrected chi connectivity index (χ1v) is 16.9. The Morgan fingerprint density at radius 2 is 1.70 bits per heavy atom. The molecule has 4 aliphatic rings. The van der Waals surface area contributed by atoms with Crippen LogP contribution >= 0.6 is 0 Å². The lowest BCUT2D eigenvalue weighted by atomic mass is 9.75. The molecular formula is C30H39F4N3O8S. The van der Waals surface area contributed by atoms with Gasteiger partial charge in [0.05, 0.1) is 30.1 Å². The van der Waals surface area contributed by atoms with E-state index in [4.69, 9.17) is 9.47 Å². The number of carboxylic acid groups (broad SMARTS) is 1. The number of fused-ring (bicyclic) bond motifs is 2. The van der Waals surface area contributed by atoms with E-state index in [1.54, 1.807) is 6.92 Å². The zero-order valence-corrected chi connectivity index (χ0v) is 26.4. The Hall–Kier alpha value is -3.14. The molecule has 3 saturated carbocycles. The molecule has 0 radical (unpaired) electrons. The lowest BCUT2D eigenvalue weighted by Crippen LogP contribution is -2.56. The van der Waals surface area contributed by atoms with Crippen LogP contribution in [0, 0.1) is 29.0 Å². The van der Waals surface area contributed by atoms with Gasteiger partial charge in [0, 0.05) is 31.2 Å². The molecule has 46 heavy (non-hydrogen) atoms. The van der Waals surface area contributed by atoms with Crippen molar-refractivity contribution in [3.63, 3.8) is 0 Å². The van der Waals surface area contributed by atoms with Gasteiger partial charge in [0.25, 0.3) is 5.91 Å². The van der Waals surface area contributed by atoms with Crippen LogP contribution in [0.2, 0.25) is 0 Å². The Morgan fingerprint density at radius 3 is 2.33 bits per heavy atom. The molecule has 5 atom stereocenters. The quantitative estimate of drug-likeness (QED) is 0.334. The van der Waals surface area contributed by atoms with E-state index in [-0.39, 0.29) is 41.9 Å². The van der Waals surface area contributed by atoms with Gasteiger partial charge >= 0.3 is 21.5 Å². The maximum absolute atomic E-state index is 15.0. The number of carboxylic acids is 1. The standard InChI is InChI=1S/C30H39F4N3O8S/c1-29(28(40)41)9-7-19(8-10-29)45-23-13-20(22(44-2)14-21(23)31)26(38)36-25-17-6-5-16(12-17)24(25)27(39)35-18-4-3-11-37(15-18)46(42,43)30(32,33)34/h13-14,16-19,24-25H,3-12,15H2,1-2H3,(H,35,39)(H,36,38)(H,40,41)/t16-,17+,18-,19?,24+,25-,29?/m1/s1. The number of rotatable bonds is 9. The monoisotopic (exact) mass is 677 g/mol. The van der Waals surface area contributed by atoms with Gasteiger partial charge in [0.2, 0.25) is 5.91 Å². The fourth-order valence-electron chi connectivity index (χ4n) is 7.54. The summed E-state index contributed by atoms with van der Waals surface area (Å²) in [5, 5.41) is 15.1. The van der Waals surface area contributed by atoms with Crippen molar-refractivity contribution in [1.82, 2.24) is 14.9 Å². The highest BCUT2D eigenvalue weighted by molar-refractivity contribution is 7.90. The van der Waals surface area contributed by atoms with E-state index in [1.807, 2.05) is 0 Å². The summed E-state index contributed by atoms with van der Waals surface area (Å²) >= 11 is 0. The summed E-state index contributed by atoms with van der Waals surface area (Å²) in [5.74, 6) is -3.79. The smallest absolute Gasteiger partial charge is 0.496 e. The van der Waals surface area contributed by atoms with Crippen LogP contribution in [0.4, 0.5) is 17.6 Å². The molecule has 5 rings (SSSR count). The molecule has 1 aliphatic heterocycles. The average molecular weight is 678 g/mol. The number of ether oxygens (including phenoxy) is 2. The summed E-state index contributed by atoms with van der Waals surface area (Å²) in [7, 11) is -4.25. The molecule has 3 N–H and O–H groups in total. The largest absolute Gasteiger partial charge is 0.511 e. The molecule has 0 unspecified atom stereocenters. The minimum atomic E-state index is -5.53. The Kier molecular flexibility index (Phi) is 9.53. The summed E-state index contributed by atoms with van der Waals surface area (Å²) < 4.78 is 89.8. The first-order chi connectivity index (χ1) is 21.5. The van der Waals surface area contributed by atoms with Crippen LogP contribution in [-0.4, -0.2) is 79.5 Å². The third kappa shape index (κ3) is 6.64. The van der Waals surface area contributed by atoms with E-state index in [2.05, 4.69) is 10.6 Å². The number of piperidine rings is 1. The van der Waals surface area contributed by atoms with Gasteiger partial charge in [-0.3, -0.25) is 14.4 Å². The van der Waals surface area contributed by atoms with Crippen molar-refractivity contribution in [3.8, 4) is 11.5 Å². The molecule has 1 saturated heterocycles. The summed E-state index contributed by atoms with van der Waals surface area (Å²) in [6.45, 7) is 0.861. The highest BCUT2D eigenvalue weighted by atomic mass is 32.2. The SMILES string of the molecule is COc1cc(F)c(OC2CCC(C)(C(=O)O)CC2)cc1C(=O)N[C@@H]1[C@H]2CC[C@H](C2)[C@@H]1C(=O)N[C@@H]1CCCN(S(=O)(=O)C(F)(F)F)C1. The Balaban J connectivity index is 1.28. The van der Waals surface area contributed by atoms with Gasteiger partial charge < -0.3 is 25.2 Å². The van der Waals surface area contributed by atoms with Crippen LogP contribution in [-0.2, 0) is 19.6 Å². The number of amides is 2. The Labute approximate surface area is 264 Å². The lowest BCUT2D eigenvalue weighted by Gasteiger charge is -2.35. The Morgan fingerprint density at radius 1 is 1.02 bits per heavy atom. The van der Waals surface area contributed by atoms with Gasteiger partial charge in [-0.2, -0.15) is 17.5 Å². The highest BCUT2D eigenvalue weighted by Crippen LogP contribution is 2.49. The average Bonchev–Trinajstić information content (AvgIpc) is 3.60. The van der Waals surface area contributed by atoms with Crippen LogP contribution in [0.1, 0.15) is 75.1 Å². The zero-order valence-electron chi connectivity index (χ0n) is 25.6. The van der Waals surface area contributed by atoms with E-state index in [0.717, 1.165) is 18.9 Å². The van der Waals surface area contributed by atoms with Gasteiger partial charge in [-0.25, -0.2) is 12.8 Å². The van der Waals surface area contributed by atoms with Gasteiger partial charge in [0.15, 0.2) is 11.6 Å². The van der Waals surface area contributed by atoms with Crippen molar-refractivity contribution in [1.29, 1.82) is 0 Å². The number of nitrogens with zero attached hydrogens (tertiary/aromatic N) is 1. The predicted octanol–water partition coefficient (Wildman–Crippen LogP) is 3.82. The maximum atomic E-state index is 15.0. The van der Waals surface area contributed by atoms with E-state index < -0.39 is 75.2 Å². The predicted molar refractivity (Wildman–Crippen MR) is 155 cm³/mol. The number of halogens is 4. The topological polar surface area (TPSA) is 151 Å². The summed E-state index contributed by atoms with van der Waals surface area (Å²) in [4.78, 5) is 38.7. The fraction of sp³-hybridized carbons (Fsp3) is 0.700. The number of aliphatic carboxylic acids is 1. The number of methoxy groups -OCH3 is 1. The van der Waals surface area contributed by atoms with E-state index >= 15 is 4.39 Å². The van der Waals surface area contributed by atoms with Crippen LogP contribution < -0.4 is 20.1 Å². The second-order valence-electron chi connectivity index (χ2n) is 13.2. The molecule has 1 heterocycles. The van der Waals surface area contributed by atoms with E-state index in [1.165, 1.54) is 13.2 Å². The fourth-order valence-corrected chi connectivity index (χ4v) is 8.58. The number of carbonyl (C=O) groups excluding carboxylic acids is 2. The molecule has 1 aromatic rings. The van der Waals surface area contributed by atoms with Crippen molar-refractivity contribution < 1.29 is 54.9 Å². The van der Waals surface area contributed by atoms with Gasteiger partial charge in [0.1, 0.15) is 5.75 Å². The van der Waals surface area contributed by atoms with Gasteiger partial charge in [-0.15, -0.1) is 0 Å². The summed E-state index contributed by atoms with van der Waals surface area (Å²) in [6.07, 6.45) is 3.62. The Bertz CT molecular complexity index is 1460. The van der Waals surface area contributed by atoms with E-state index in [0.29, 0.717) is 42.8 Å². The summed E-state index contributed by atoms with van der Waals surface area (Å²) in [6, 6.07) is 0.826. The molecule has 1 aromatic carbocycles. The minimum Gasteiger partial charge on any atom is -0.496 e. The first kappa shape index (κ1) is 34.2. The van der Waals surface area contributed by atoms with Crippen LogP contribution in [0.3, 0.4) is 0 Å². The molecule has 4 fully saturated rings. The third-order valence-corrected chi connectivity index (χ3v) is 11.8. The van der Waals surface area contributed by atoms with Gasteiger partial charge in [-0.05, 0) is 82.6 Å². The van der Waals surface area contributed by atoms with Gasteiger partial charge in [-0.1, -0.05) is 0 Å². The van der Waals surface area contributed by atoms with Crippen LogP contribution in [0.5, 0.6) is 11.5 Å². The van der Waals surface area contributed by atoms with Crippen molar-refractivity contribution in [2.24, 2.45) is 23.2 Å². The highest BCUT2D eigenvalue weighted by Gasteiger charge is 2.53. The third-order valence-electron chi connectivity index (χ3n) is 10.2. The zero-order chi connectivity index (χ0) is 33.6. The molecule has 256 valence electrons. The molecule has 16 heteroatoms. The number of hydrogen-bond acceptors (Lipinski definition) is 7. The normalized spacial score (nSPS) is 31.7. The number of nitrogens with one attached hydrogen (secondary N) is 2. The molecule has 0 spiro atoms. The number of sulfonamides is 1. The molecular weight excluding hydrogens is 638 g/mol. The molecule has 0 aromatic heterocycles. The number of benzene rings is 1. The van der Waals surface area contributed by atoms with E-state index in [9.17, 15) is 41.1 Å². The number of carbonyl (C=O) groups is 3. The second-order valence-corrected chi connectivity index (χ2v) is 15.1. The van der Waals surface area contributed by atoms with Crippen molar-refractivity contribution in [2.75, 3.05) is 20.2 Å². The van der Waals surface area contributed by atoms with Crippen LogP contribution in [0.25, 0.3) is 0 Å².